The summed E-state index contributed by atoms with van der Waals surface area (Å²) in [6, 6.07) is 13.4. The van der Waals surface area contributed by atoms with Gasteiger partial charge in [-0.15, -0.1) is 0 Å². The van der Waals surface area contributed by atoms with E-state index >= 15 is 0 Å². The Morgan fingerprint density at radius 2 is 2.07 bits per heavy atom. The van der Waals surface area contributed by atoms with Crippen LogP contribution in [0.15, 0.2) is 47.3 Å². The summed E-state index contributed by atoms with van der Waals surface area (Å²) in [6.07, 6.45) is 6.33. The van der Waals surface area contributed by atoms with Crippen LogP contribution in [0.3, 0.4) is 0 Å². The van der Waals surface area contributed by atoms with Crippen LogP contribution in [-0.4, -0.2) is 26.5 Å². The molecule has 3 aromatic rings. The van der Waals surface area contributed by atoms with Gasteiger partial charge in [-0.3, -0.25) is 9.59 Å². The van der Waals surface area contributed by atoms with Crippen LogP contribution in [0.2, 0.25) is 0 Å². The molecule has 0 radical (unpaired) electrons. The van der Waals surface area contributed by atoms with Crippen LogP contribution in [0.25, 0.3) is 11.0 Å². The number of carbonyl (C=O) groups is 1. The second-order valence-corrected chi connectivity index (χ2v) is 8.13. The standard InChI is InChI=1S/C23H28N4O2/c1-16-6-4-11-23(29)27(16)15-22(28)24-18-8-5-7-17(14-18)12-13-21-25-19-9-2-3-10-20(19)26-21/h2-4,6,9-11,17-18H,5,7-8,12-15H2,1H3,(H,24,28)(H,25,26). The molecule has 0 aliphatic heterocycles. The third-order valence-electron chi connectivity index (χ3n) is 5.95. The number of aromatic nitrogens is 3. The van der Waals surface area contributed by atoms with E-state index in [1.54, 1.807) is 6.07 Å². The lowest BCUT2D eigenvalue weighted by molar-refractivity contribution is -0.122. The average Bonchev–Trinajstić information content (AvgIpc) is 3.13. The fourth-order valence-electron chi connectivity index (χ4n) is 4.39. The van der Waals surface area contributed by atoms with E-state index in [1.165, 1.54) is 17.1 Å². The summed E-state index contributed by atoms with van der Waals surface area (Å²) >= 11 is 0. The molecule has 2 aromatic heterocycles. The van der Waals surface area contributed by atoms with Gasteiger partial charge in [0.15, 0.2) is 0 Å². The molecule has 6 nitrogen and oxygen atoms in total. The number of imidazole rings is 1. The molecular formula is C23H28N4O2. The van der Waals surface area contributed by atoms with E-state index in [1.807, 2.05) is 31.2 Å². The van der Waals surface area contributed by atoms with Gasteiger partial charge >= 0.3 is 0 Å². The minimum Gasteiger partial charge on any atom is -0.352 e. The summed E-state index contributed by atoms with van der Waals surface area (Å²) in [5, 5.41) is 3.15. The fraction of sp³-hybridized carbons (Fsp3) is 0.435. The summed E-state index contributed by atoms with van der Waals surface area (Å²) in [5.41, 5.74) is 2.78. The van der Waals surface area contributed by atoms with E-state index < -0.39 is 0 Å². The molecule has 1 fully saturated rings. The Bertz CT molecular complexity index is 1020. The molecule has 1 aliphatic carbocycles. The minimum atomic E-state index is -0.132. The lowest BCUT2D eigenvalue weighted by Crippen LogP contribution is -2.41. The van der Waals surface area contributed by atoms with Gasteiger partial charge in [0, 0.05) is 24.2 Å². The number of fused-ring (bicyclic) bond motifs is 1. The highest BCUT2D eigenvalue weighted by Crippen LogP contribution is 2.28. The van der Waals surface area contributed by atoms with Crippen molar-refractivity contribution in [1.82, 2.24) is 19.9 Å². The Kier molecular flexibility index (Phi) is 5.79. The quantitative estimate of drug-likeness (QED) is 0.675. The van der Waals surface area contributed by atoms with Crippen molar-refractivity contribution in [3.63, 3.8) is 0 Å². The van der Waals surface area contributed by atoms with Gasteiger partial charge in [0.05, 0.1) is 11.0 Å². The number of amides is 1. The summed E-state index contributed by atoms with van der Waals surface area (Å²) in [7, 11) is 0. The summed E-state index contributed by atoms with van der Waals surface area (Å²) in [5.74, 6) is 1.55. The molecule has 1 aromatic carbocycles. The summed E-state index contributed by atoms with van der Waals surface area (Å²) < 4.78 is 1.53. The number of hydrogen-bond acceptors (Lipinski definition) is 3. The molecule has 29 heavy (non-hydrogen) atoms. The molecule has 0 bridgehead atoms. The molecule has 2 unspecified atom stereocenters. The second kappa shape index (κ2) is 8.64. The number of hydrogen-bond donors (Lipinski definition) is 2. The van der Waals surface area contributed by atoms with Gasteiger partial charge in [0.25, 0.3) is 5.56 Å². The number of nitrogens with one attached hydrogen (secondary N) is 2. The lowest BCUT2D eigenvalue weighted by Gasteiger charge is -2.29. The number of rotatable bonds is 6. The first-order valence-corrected chi connectivity index (χ1v) is 10.5. The molecule has 0 spiro atoms. The smallest absolute Gasteiger partial charge is 0.251 e. The maximum Gasteiger partial charge on any atom is 0.251 e. The van der Waals surface area contributed by atoms with Crippen molar-refractivity contribution < 1.29 is 4.79 Å². The predicted octanol–water partition coefficient (Wildman–Crippen LogP) is 3.34. The van der Waals surface area contributed by atoms with Crippen LogP contribution in [0.4, 0.5) is 0 Å². The van der Waals surface area contributed by atoms with Crippen molar-refractivity contribution in [2.45, 2.75) is 58.0 Å². The first-order chi connectivity index (χ1) is 14.1. The van der Waals surface area contributed by atoms with Gasteiger partial charge in [0.1, 0.15) is 12.4 Å². The molecule has 4 rings (SSSR count). The molecule has 2 atom stereocenters. The van der Waals surface area contributed by atoms with Crippen molar-refractivity contribution in [2.24, 2.45) is 5.92 Å². The Hall–Kier alpha value is -2.89. The largest absolute Gasteiger partial charge is 0.352 e. The molecule has 152 valence electrons. The Morgan fingerprint density at radius 3 is 2.90 bits per heavy atom. The molecule has 2 heterocycles. The Labute approximate surface area is 170 Å². The molecule has 1 amide bonds. The van der Waals surface area contributed by atoms with E-state index in [4.69, 9.17) is 0 Å². The number of para-hydroxylation sites is 2. The number of carbonyl (C=O) groups excluding carboxylic acids is 1. The van der Waals surface area contributed by atoms with E-state index in [-0.39, 0.29) is 24.1 Å². The Morgan fingerprint density at radius 1 is 1.21 bits per heavy atom. The third kappa shape index (κ3) is 4.75. The van der Waals surface area contributed by atoms with Crippen LogP contribution in [0.1, 0.15) is 43.6 Å². The van der Waals surface area contributed by atoms with Crippen molar-refractivity contribution in [2.75, 3.05) is 0 Å². The van der Waals surface area contributed by atoms with E-state index in [0.29, 0.717) is 5.92 Å². The van der Waals surface area contributed by atoms with Crippen molar-refractivity contribution >= 4 is 16.9 Å². The fourth-order valence-corrected chi connectivity index (χ4v) is 4.39. The number of H-pyrrole nitrogens is 1. The molecule has 2 N–H and O–H groups in total. The molecule has 6 heteroatoms. The number of benzene rings is 1. The molecule has 1 saturated carbocycles. The maximum atomic E-state index is 12.5. The first-order valence-electron chi connectivity index (χ1n) is 10.5. The van der Waals surface area contributed by atoms with Crippen LogP contribution in [-0.2, 0) is 17.8 Å². The Balaban J connectivity index is 1.30. The van der Waals surface area contributed by atoms with Gasteiger partial charge < -0.3 is 14.9 Å². The zero-order valence-corrected chi connectivity index (χ0v) is 16.9. The number of nitrogens with zero attached hydrogens (tertiary/aromatic N) is 2. The van der Waals surface area contributed by atoms with Crippen LogP contribution >= 0.6 is 0 Å². The number of aryl methyl sites for hydroxylation is 2. The third-order valence-corrected chi connectivity index (χ3v) is 5.95. The highest BCUT2D eigenvalue weighted by Gasteiger charge is 2.23. The molecular weight excluding hydrogens is 364 g/mol. The van der Waals surface area contributed by atoms with E-state index in [0.717, 1.165) is 54.7 Å². The molecule has 0 saturated heterocycles. The van der Waals surface area contributed by atoms with Crippen LogP contribution < -0.4 is 10.9 Å². The average molecular weight is 393 g/mol. The van der Waals surface area contributed by atoms with Gasteiger partial charge in [-0.25, -0.2) is 4.98 Å². The SMILES string of the molecule is Cc1cccc(=O)n1CC(=O)NC1CCCC(CCc2nc3ccccc3[nH]2)C1. The monoisotopic (exact) mass is 392 g/mol. The second-order valence-electron chi connectivity index (χ2n) is 8.13. The van der Waals surface area contributed by atoms with Crippen LogP contribution in [0, 0.1) is 12.8 Å². The van der Waals surface area contributed by atoms with E-state index in [2.05, 4.69) is 21.4 Å². The number of pyridine rings is 1. The predicted molar refractivity (Wildman–Crippen MR) is 114 cm³/mol. The van der Waals surface area contributed by atoms with E-state index in [9.17, 15) is 9.59 Å². The van der Waals surface area contributed by atoms with Crippen molar-refractivity contribution in [1.29, 1.82) is 0 Å². The van der Waals surface area contributed by atoms with Gasteiger partial charge in [0.2, 0.25) is 5.91 Å². The topological polar surface area (TPSA) is 79.8 Å². The highest BCUT2D eigenvalue weighted by molar-refractivity contribution is 5.76. The lowest BCUT2D eigenvalue weighted by atomic mass is 9.83. The maximum absolute atomic E-state index is 12.5. The van der Waals surface area contributed by atoms with Crippen molar-refractivity contribution in [3.05, 3.63) is 64.3 Å². The molecule has 1 aliphatic rings. The van der Waals surface area contributed by atoms with Crippen LogP contribution in [0.5, 0.6) is 0 Å². The normalized spacial score (nSPS) is 19.3. The minimum absolute atomic E-state index is 0.0793. The summed E-state index contributed by atoms with van der Waals surface area (Å²) in [6.45, 7) is 1.94. The van der Waals surface area contributed by atoms with Gasteiger partial charge in [-0.05, 0) is 50.3 Å². The summed E-state index contributed by atoms with van der Waals surface area (Å²) in [4.78, 5) is 32.5. The first kappa shape index (κ1) is 19.4. The zero-order chi connectivity index (χ0) is 20.2. The number of aromatic amines is 1. The van der Waals surface area contributed by atoms with Crippen molar-refractivity contribution in [3.8, 4) is 0 Å². The zero-order valence-electron chi connectivity index (χ0n) is 16.9. The van der Waals surface area contributed by atoms with Gasteiger partial charge in [-0.1, -0.05) is 31.0 Å². The highest BCUT2D eigenvalue weighted by atomic mass is 16.2. The van der Waals surface area contributed by atoms with Gasteiger partial charge in [-0.2, -0.15) is 0 Å².